The Morgan fingerprint density at radius 3 is 3.12 bits per heavy atom. The van der Waals surface area contributed by atoms with Gasteiger partial charge >= 0.3 is 0 Å². The molecule has 2 aromatic rings. The number of H-pyrrole nitrogens is 1. The molecule has 0 saturated heterocycles. The highest BCUT2D eigenvalue weighted by Gasteiger charge is 2.13. The van der Waals surface area contributed by atoms with Gasteiger partial charge in [-0.3, -0.25) is 4.99 Å². The van der Waals surface area contributed by atoms with Gasteiger partial charge in [-0.25, -0.2) is 9.98 Å². The molecule has 0 aromatic carbocycles. The number of hydrogen-bond donors (Lipinski definition) is 2. The normalized spacial score (nSPS) is 15.8. The Morgan fingerprint density at radius 2 is 2.29 bits per heavy atom. The Bertz CT molecular complexity index is 640. The SMILES string of the molecule is NC1=NC(c2c[nH]c3ncc(Cl)cc23)=NCC1. The molecule has 0 fully saturated rings. The van der Waals surface area contributed by atoms with Crippen molar-refractivity contribution >= 4 is 34.3 Å². The number of nitrogens with one attached hydrogen (secondary N) is 1. The fourth-order valence-electron chi connectivity index (χ4n) is 1.81. The van der Waals surface area contributed by atoms with E-state index < -0.39 is 0 Å². The molecule has 0 amide bonds. The monoisotopic (exact) mass is 247 g/mol. The van der Waals surface area contributed by atoms with E-state index in [0.717, 1.165) is 16.6 Å². The molecule has 3 N–H and O–H groups in total. The number of aliphatic imine (C=N–C) groups is 2. The molecule has 3 rings (SSSR count). The lowest BCUT2D eigenvalue weighted by Gasteiger charge is -2.07. The van der Waals surface area contributed by atoms with E-state index in [0.29, 0.717) is 29.7 Å². The van der Waals surface area contributed by atoms with Crippen molar-refractivity contribution in [1.82, 2.24) is 9.97 Å². The van der Waals surface area contributed by atoms with Gasteiger partial charge in [-0.15, -0.1) is 0 Å². The molecule has 0 bridgehead atoms. The number of nitrogens with two attached hydrogens (primary N) is 1. The minimum atomic E-state index is 0.590. The van der Waals surface area contributed by atoms with Crippen molar-refractivity contribution in [3.8, 4) is 0 Å². The first-order valence-corrected chi connectivity index (χ1v) is 5.62. The molecule has 0 atom stereocenters. The van der Waals surface area contributed by atoms with Crippen LogP contribution >= 0.6 is 11.6 Å². The van der Waals surface area contributed by atoms with Crippen LogP contribution in [0.5, 0.6) is 0 Å². The molecule has 0 unspecified atom stereocenters. The van der Waals surface area contributed by atoms with Crippen LogP contribution < -0.4 is 5.73 Å². The predicted molar refractivity (Wildman–Crippen MR) is 68.7 cm³/mol. The molecule has 0 spiro atoms. The maximum absolute atomic E-state index is 5.94. The fourth-order valence-corrected chi connectivity index (χ4v) is 1.97. The third kappa shape index (κ3) is 1.78. The number of aromatic amines is 1. The van der Waals surface area contributed by atoms with Crippen LogP contribution in [0.3, 0.4) is 0 Å². The maximum atomic E-state index is 5.94. The van der Waals surface area contributed by atoms with Gasteiger partial charge in [0.05, 0.1) is 5.02 Å². The fraction of sp³-hybridized carbons (Fsp3) is 0.182. The third-order valence-electron chi connectivity index (χ3n) is 2.62. The molecule has 6 heteroatoms. The molecular formula is C11H10ClN5. The largest absolute Gasteiger partial charge is 0.387 e. The lowest BCUT2D eigenvalue weighted by molar-refractivity contribution is 1.00. The second-order valence-electron chi connectivity index (χ2n) is 3.81. The standard InChI is InChI=1S/C11H10ClN5/c12-6-3-7-8(5-16-10(7)15-4-6)11-14-2-1-9(13)17-11/h3-5H,1-2H2,(H,15,16)(H2,13,14,17). The zero-order valence-corrected chi connectivity index (χ0v) is 9.70. The van der Waals surface area contributed by atoms with Crippen molar-refractivity contribution in [2.45, 2.75) is 6.42 Å². The van der Waals surface area contributed by atoms with Gasteiger partial charge in [0.15, 0.2) is 5.84 Å². The zero-order chi connectivity index (χ0) is 11.8. The van der Waals surface area contributed by atoms with Gasteiger partial charge in [0, 0.05) is 36.3 Å². The first-order chi connectivity index (χ1) is 8.24. The summed E-state index contributed by atoms with van der Waals surface area (Å²) in [5, 5.41) is 1.50. The van der Waals surface area contributed by atoms with Crippen molar-refractivity contribution in [1.29, 1.82) is 0 Å². The summed E-state index contributed by atoms with van der Waals surface area (Å²) in [6.45, 7) is 0.672. The summed E-state index contributed by atoms with van der Waals surface area (Å²) < 4.78 is 0. The van der Waals surface area contributed by atoms with E-state index >= 15 is 0 Å². The first kappa shape index (κ1) is 10.3. The van der Waals surface area contributed by atoms with Crippen LogP contribution in [0.4, 0.5) is 0 Å². The van der Waals surface area contributed by atoms with Gasteiger partial charge in [-0.1, -0.05) is 11.6 Å². The van der Waals surface area contributed by atoms with Crippen LogP contribution in [0.2, 0.25) is 5.02 Å². The van der Waals surface area contributed by atoms with E-state index in [2.05, 4.69) is 20.0 Å². The Balaban J connectivity index is 2.18. The van der Waals surface area contributed by atoms with Crippen LogP contribution in [0.25, 0.3) is 11.0 Å². The molecule has 1 aliphatic rings. The van der Waals surface area contributed by atoms with E-state index in [1.54, 1.807) is 6.20 Å². The number of pyridine rings is 1. The van der Waals surface area contributed by atoms with Crippen molar-refractivity contribution in [2.75, 3.05) is 6.54 Å². The summed E-state index contributed by atoms with van der Waals surface area (Å²) in [5.41, 5.74) is 7.38. The number of amidine groups is 2. The van der Waals surface area contributed by atoms with Crippen LogP contribution in [0.1, 0.15) is 12.0 Å². The number of hydrogen-bond acceptors (Lipinski definition) is 4. The average molecular weight is 248 g/mol. The average Bonchev–Trinajstić information content (AvgIpc) is 2.71. The van der Waals surface area contributed by atoms with E-state index in [1.807, 2.05) is 12.3 Å². The van der Waals surface area contributed by atoms with Gasteiger partial charge in [0.2, 0.25) is 0 Å². The molecule has 1 aliphatic heterocycles. The zero-order valence-electron chi connectivity index (χ0n) is 8.94. The summed E-state index contributed by atoms with van der Waals surface area (Å²) in [7, 11) is 0. The van der Waals surface area contributed by atoms with Crippen molar-refractivity contribution in [2.24, 2.45) is 15.7 Å². The molecule has 3 heterocycles. The summed E-state index contributed by atoms with van der Waals surface area (Å²) >= 11 is 5.94. The smallest absolute Gasteiger partial charge is 0.158 e. The summed E-state index contributed by atoms with van der Waals surface area (Å²) in [6, 6.07) is 1.85. The lowest BCUT2D eigenvalue weighted by Crippen LogP contribution is -2.20. The van der Waals surface area contributed by atoms with Crippen molar-refractivity contribution in [3.63, 3.8) is 0 Å². The van der Waals surface area contributed by atoms with Crippen molar-refractivity contribution < 1.29 is 0 Å². The number of rotatable bonds is 1. The molecule has 17 heavy (non-hydrogen) atoms. The Kier molecular flexibility index (Phi) is 2.33. The van der Waals surface area contributed by atoms with Gasteiger partial charge in [-0.05, 0) is 6.07 Å². The van der Waals surface area contributed by atoms with Crippen LogP contribution in [-0.4, -0.2) is 28.2 Å². The highest BCUT2D eigenvalue weighted by atomic mass is 35.5. The molecule has 0 aliphatic carbocycles. The third-order valence-corrected chi connectivity index (χ3v) is 2.82. The Labute approximate surface area is 102 Å². The van der Waals surface area contributed by atoms with E-state index in [9.17, 15) is 0 Å². The van der Waals surface area contributed by atoms with E-state index in [-0.39, 0.29) is 0 Å². The second-order valence-corrected chi connectivity index (χ2v) is 4.25. The molecule has 2 aromatic heterocycles. The maximum Gasteiger partial charge on any atom is 0.158 e. The second kappa shape index (κ2) is 3.85. The number of halogens is 1. The molecule has 0 saturated carbocycles. The molecule has 86 valence electrons. The van der Waals surface area contributed by atoms with Crippen LogP contribution in [-0.2, 0) is 0 Å². The van der Waals surface area contributed by atoms with Gasteiger partial charge in [-0.2, -0.15) is 0 Å². The van der Waals surface area contributed by atoms with E-state index in [4.69, 9.17) is 17.3 Å². The molecule has 0 radical (unpaired) electrons. The highest BCUT2D eigenvalue weighted by molar-refractivity contribution is 6.31. The minimum absolute atomic E-state index is 0.590. The molecular weight excluding hydrogens is 238 g/mol. The summed E-state index contributed by atoms with van der Waals surface area (Å²) in [4.78, 5) is 15.9. The highest BCUT2D eigenvalue weighted by Crippen LogP contribution is 2.22. The first-order valence-electron chi connectivity index (χ1n) is 5.24. The number of nitrogens with zero attached hydrogens (tertiary/aromatic N) is 3. The van der Waals surface area contributed by atoms with Crippen LogP contribution in [0, 0.1) is 0 Å². The van der Waals surface area contributed by atoms with Gasteiger partial charge < -0.3 is 10.7 Å². The quantitative estimate of drug-likeness (QED) is 0.805. The van der Waals surface area contributed by atoms with Gasteiger partial charge in [0.25, 0.3) is 0 Å². The number of aromatic nitrogens is 2. The summed E-state index contributed by atoms with van der Waals surface area (Å²) in [5.74, 6) is 1.25. The van der Waals surface area contributed by atoms with Crippen LogP contribution in [0.15, 0.2) is 28.4 Å². The number of fused-ring (bicyclic) bond motifs is 1. The Morgan fingerprint density at radius 1 is 1.41 bits per heavy atom. The van der Waals surface area contributed by atoms with E-state index in [1.165, 1.54) is 0 Å². The topological polar surface area (TPSA) is 79.4 Å². The Hall–Kier alpha value is -1.88. The predicted octanol–water partition coefficient (Wildman–Crippen LogP) is 1.72. The molecule has 5 nitrogen and oxygen atoms in total. The summed E-state index contributed by atoms with van der Waals surface area (Å²) in [6.07, 6.45) is 4.14. The van der Waals surface area contributed by atoms with Crippen molar-refractivity contribution in [3.05, 3.63) is 29.0 Å². The minimum Gasteiger partial charge on any atom is -0.387 e. The lowest BCUT2D eigenvalue weighted by atomic mass is 10.2. The van der Waals surface area contributed by atoms with Gasteiger partial charge in [0.1, 0.15) is 11.5 Å².